The summed E-state index contributed by atoms with van der Waals surface area (Å²) in [5, 5.41) is 10.4. The number of methoxy groups -OCH3 is 1. The fourth-order valence-corrected chi connectivity index (χ4v) is 1.17. The van der Waals surface area contributed by atoms with E-state index in [0.29, 0.717) is 17.0 Å². The Hall–Kier alpha value is -2.04. The molecule has 0 fully saturated rings. The first kappa shape index (κ1) is 11.0. The molecule has 4 N–H and O–H groups in total. The third kappa shape index (κ3) is 2.46. The molecule has 0 aliphatic rings. The lowest BCUT2D eigenvalue weighted by molar-refractivity contribution is 0.416. The van der Waals surface area contributed by atoms with Gasteiger partial charge in [0.2, 0.25) is 0 Å². The SMILES string of the molecule is CN/C=N\C(=N)c1cccc(N)c1OC. The molecule has 5 nitrogen and oxygen atoms in total. The van der Waals surface area contributed by atoms with Crippen molar-refractivity contribution in [2.24, 2.45) is 4.99 Å². The molecular weight excluding hydrogens is 192 g/mol. The van der Waals surface area contributed by atoms with E-state index in [2.05, 4.69) is 10.3 Å². The fraction of sp³-hybridized carbons (Fsp3) is 0.200. The fourth-order valence-electron chi connectivity index (χ4n) is 1.17. The van der Waals surface area contributed by atoms with Gasteiger partial charge in [-0.25, -0.2) is 4.99 Å². The predicted octanol–water partition coefficient (Wildman–Crippen LogP) is 0.850. The van der Waals surface area contributed by atoms with Crippen LogP contribution in [0.3, 0.4) is 0 Å². The first-order chi connectivity index (χ1) is 7.20. The maximum atomic E-state index is 7.70. The topological polar surface area (TPSA) is 83.5 Å². The van der Waals surface area contributed by atoms with Crippen LogP contribution in [0.4, 0.5) is 5.69 Å². The van der Waals surface area contributed by atoms with E-state index in [4.69, 9.17) is 15.9 Å². The quantitative estimate of drug-likeness (QED) is 0.389. The molecule has 0 radical (unpaired) electrons. The van der Waals surface area contributed by atoms with E-state index in [1.807, 2.05) is 0 Å². The number of hydrogen-bond donors (Lipinski definition) is 3. The van der Waals surface area contributed by atoms with Crippen molar-refractivity contribution < 1.29 is 4.74 Å². The van der Waals surface area contributed by atoms with Crippen molar-refractivity contribution in [3.05, 3.63) is 23.8 Å². The summed E-state index contributed by atoms with van der Waals surface area (Å²) in [7, 11) is 3.23. The molecule has 0 aliphatic carbocycles. The number of nitrogens with two attached hydrogens (primary N) is 1. The first-order valence-electron chi connectivity index (χ1n) is 4.42. The Morgan fingerprint density at radius 2 is 2.33 bits per heavy atom. The average molecular weight is 206 g/mol. The number of aliphatic imine (C=N–C) groups is 1. The standard InChI is InChI=1S/C10H14N4O/c1-13-6-14-10(12)7-4-3-5-8(11)9(7)15-2/h3-6H,11H2,1-2H3,(H2,12,13,14). The Morgan fingerprint density at radius 1 is 1.60 bits per heavy atom. The number of ether oxygens (including phenoxy) is 1. The molecule has 1 aromatic carbocycles. The minimum absolute atomic E-state index is 0.105. The molecule has 0 heterocycles. The van der Waals surface area contributed by atoms with Crippen molar-refractivity contribution in [1.82, 2.24) is 5.32 Å². The summed E-state index contributed by atoms with van der Waals surface area (Å²) in [6.45, 7) is 0. The monoisotopic (exact) mass is 206 g/mol. The number of anilines is 1. The second kappa shape index (κ2) is 4.99. The highest BCUT2D eigenvalue weighted by molar-refractivity contribution is 6.03. The Balaban J connectivity index is 3.08. The van der Waals surface area contributed by atoms with Crippen LogP contribution in [0.25, 0.3) is 0 Å². The summed E-state index contributed by atoms with van der Waals surface area (Å²) in [5.41, 5.74) is 6.78. The molecule has 0 bridgehead atoms. The third-order valence-corrected chi connectivity index (χ3v) is 1.83. The van der Waals surface area contributed by atoms with Gasteiger partial charge in [0.05, 0.1) is 24.7 Å². The van der Waals surface area contributed by atoms with Gasteiger partial charge in [0.25, 0.3) is 0 Å². The number of amidine groups is 1. The van der Waals surface area contributed by atoms with E-state index in [9.17, 15) is 0 Å². The minimum atomic E-state index is 0.105. The molecule has 5 heteroatoms. The van der Waals surface area contributed by atoms with Crippen LogP contribution in [0.1, 0.15) is 5.56 Å². The van der Waals surface area contributed by atoms with Crippen molar-refractivity contribution in [2.75, 3.05) is 19.9 Å². The van der Waals surface area contributed by atoms with Gasteiger partial charge in [-0.2, -0.15) is 0 Å². The van der Waals surface area contributed by atoms with Gasteiger partial charge < -0.3 is 15.8 Å². The number of para-hydroxylation sites is 1. The zero-order valence-corrected chi connectivity index (χ0v) is 8.74. The number of nitrogens with zero attached hydrogens (tertiary/aromatic N) is 1. The molecule has 15 heavy (non-hydrogen) atoms. The van der Waals surface area contributed by atoms with E-state index in [0.717, 1.165) is 0 Å². The molecule has 0 spiro atoms. The van der Waals surface area contributed by atoms with Crippen LogP contribution < -0.4 is 15.8 Å². The van der Waals surface area contributed by atoms with Crippen LogP contribution in [0.15, 0.2) is 23.2 Å². The zero-order chi connectivity index (χ0) is 11.3. The number of rotatable bonds is 3. The van der Waals surface area contributed by atoms with Crippen LogP contribution in [0, 0.1) is 5.41 Å². The maximum absolute atomic E-state index is 7.70. The average Bonchev–Trinajstić information content (AvgIpc) is 2.25. The molecule has 80 valence electrons. The number of hydrogen-bond acceptors (Lipinski definition) is 3. The lowest BCUT2D eigenvalue weighted by Crippen LogP contribution is -2.06. The Morgan fingerprint density at radius 3 is 2.93 bits per heavy atom. The van der Waals surface area contributed by atoms with Gasteiger partial charge in [-0.1, -0.05) is 6.07 Å². The van der Waals surface area contributed by atoms with Crippen molar-refractivity contribution in [2.45, 2.75) is 0 Å². The summed E-state index contributed by atoms with van der Waals surface area (Å²) in [6, 6.07) is 5.22. The summed E-state index contributed by atoms with van der Waals surface area (Å²) in [6.07, 6.45) is 1.44. The second-order valence-corrected chi connectivity index (χ2v) is 2.82. The van der Waals surface area contributed by atoms with Crippen LogP contribution >= 0.6 is 0 Å². The van der Waals surface area contributed by atoms with Gasteiger partial charge >= 0.3 is 0 Å². The molecule has 0 saturated carbocycles. The highest BCUT2D eigenvalue weighted by Gasteiger charge is 2.09. The molecule has 1 rings (SSSR count). The molecule has 1 aromatic rings. The summed E-state index contributed by atoms with van der Waals surface area (Å²) >= 11 is 0. The van der Waals surface area contributed by atoms with Crippen LogP contribution in [0.2, 0.25) is 0 Å². The highest BCUT2D eigenvalue weighted by atomic mass is 16.5. The lowest BCUT2D eigenvalue weighted by atomic mass is 10.1. The Labute approximate surface area is 88.5 Å². The largest absolute Gasteiger partial charge is 0.494 e. The van der Waals surface area contributed by atoms with Gasteiger partial charge in [-0.15, -0.1) is 0 Å². The summed E-state index contributed by atoms with van der Waals surface area (Å²) in [4.78, 5) is 3.87. The number of nitrogen functional groups attached to an aromatic ring is 1. The molecule has 0 amide bonds. The molecule has 0 unspecified atom stereocenters. The third-order valence-electron chi connectivity index (χ3n) is 1.83. The smallest absolute Gasteiger partial charge is 0.157 e. The predicted molar refractivity (Wildman–Crippen MR) is 61.8 cm³/mol. The van der Waals surface area contributed by atoms with E-state index in [-0.39, 0.29) is 5.84 Å². The van der Waals surface area contributed by atoms with Crippen molar-refractivity contribution in [3.8, 4) is 5.75 Å². The molecule has 0 saturated heterocycles. The summed E-state index contributed by atoms with van der Waals surface area (Å²) < 4.78 is 5.12. The molecule has 0 atom stereocenters. The molecular formula is C10H14N4O. The second-order valence-electron chi connectivity index (χ2n) is 2.82. The lowest BCUT2D eigenvalue weighted by Gasteiger charge is -2.08. The minimum Gasteiger partial charge on any atom is -0.494 e. The van der Waals surface area contributed by atoms with Gasteiger partial charge in [-0.3, -0.25) is 5.41 Å². The number of benzene rings is 1. The van der Waals surface area contributed by atoms with Gasteiger partial charge in [0.1, 0.15) is 0 Å². The summed E-state index contributed by atoms with van der Waals surface area (Å²) in [5.74, 6) is 0.587. The van der Waals surface area contributed by atoms with E-state index < -0.39 is 0 Å². The first-order valence-corrected chi connectivity index (χ1v) is 4.42. The van der Waals surface area contributed by atoms with Gasteiger partial charge in [0.15, 0.2) is 11.6 Å². The normalized spacial score (nSPS) is 10.3. The van der Waals surface area contributed by atoms with Crippen LogP contribution in [0.5, 0.6) is 5.75 Å². The Bertz CT molecular complexity index is 387. The highest BCUT2D eigenvalue weighted by Crippen LogP contribution is 2.26. The van der Waals surface area contributed by atoms with Crippen LogP contribution in [-0.2, 0) is 0 Å². The molecule has 0 aromatic heterocycles. The van der Waals surface area contributed by atoms with E-state index >= 15 is 0 Å². The Kier molecular flexibility index (Phi) is 3.68. The van der Waals surface area contributed by atoms with E-state index in [1.54, 1.807) is 25.2 Å². The van der Waals surface area contributed by atoms with E-state index in [1.165, 1.54) is 13.4 Å². The zero-order valence-electron chi connectivity index (χ0n) is 8.74. The van der Waals surface area contributed by atoms with Crippen LogP contribution in [-0.4, -0.2) is 26.3 Å². The maximum Gasteiger partial charge on any atom is 0.157 e. The molecule has 0 aliphatic heterocycles. The van der Waals surface area contributed by atoms with Gasteiger partial charge in [0, 0.05) is 7.05 Å². The van der Waals surface area contributed by atoms with Crippen molar-refractivity contribution in [3.63, 3.8) is 0 Å². The van der Waals surface area contributed by atoms with Crippen molar-refractivity contribution >= 4 is 17.9 Å². The van der Waals surface area contributed by atoms with Crippen molar-refractivity contribution in [1.29, 1.82) is 5.41 Å². The number of nitrogens with one attached hydrogen (secondary N) is 2. The van der Waals surface area contributed by atoms with Gasteiger partial charge in [-0.05, 0) is 12.1 Å².